The summed E-state index contributed by atoms with van der Waals surface area (Å²) in [7, 11) is 0. The number of likely N-dealkylation sites (tertiary alicyclic amines) is 1. The number of amides is 1. The molecule has 1 N–H and O–H groups in total. The SMILES string of the molecule is O=C1CCN(CCN2CC3CN(c4cc(-n5cccn5)ncn4)CC3C2)CCN1. The van der Waals surface area contributed by atoms with Gasteiger partial charge in [-0.2, -0.15) is 5.10 Å². The summed E-state index contributed by atoms with van der Waals surface area (Å²) in [5.41, 5.74) is 0. The molecular weight excluding hydrogens is 368 g/mol. The van der Waals surface area contributed by atoms with Gasteiger partial charge in [0.1, 0.15) is 12.1 Å². The van der Waals surface area contributed by atoms with Crippen molar-refractivity contribution in [3.63, 3.8) is 0 Å². The summed E-state index contributed by atoms with van der Waals surface area (Å²) in [6.07, 6.45) is 5.92. The Bertz CT molecular complexity index is 827. The molecule has 2 atom stereocenters. The lowest BCUT2D eigenvalue weighted by Gasteiger charge is -2.25. The number of hydrogen-bond acceptors (Lipinski definition) is 7. The highest BCUT2D eigenvalue weighted by Crippen LogP contribution is 2.33. The summed E-state index contributed by atoms with van der Waals surface area (Å²) in [5, 5.41) is 7.22. The average molecular weight is 396 g/mol. The zero-order chi connectivity index (χ0) is 19.6. The molecule has 0 aromatic carbocycles. The number of fused-ring (bicyclic) bond motifs is 1. The molecule has 3 saturated heterocycles. The van der Waals surface area contributed by atoms with E-state index in [0.29, 0.717) is 18.3 Å². The van der Waals surface area contributed by atoms with Gasteiger partial charge in [0.25, 0.3) is 0 Å². The topological polar surface area (TPSA) is 82.4 Å². The monoisotopic (exact) mass is 396 g/mol. The molecule has 0 radical (unpaired) electrons. The van der Waals surface area contributed by atoms with Crippen molar-refractivity contribution in [2.45, 2.75) is 6.42 Å². The molecule has 5 heterocycles. The molecule has 0 saturated carbocycles. The van der Waals surface area contributed by atoms with Gasteiger partial charge in [-0.05, 0) is 17.9 Å². The molecule has 3 fully saturated rings. The van der Waals surface area contributed by atoms with Gasteiger partial charge in [-0.1, -0.05) is 0 Å². The Kier molecular flexibility index (Phi) is 5.15. The second-order valence-electron chi connectivity index (χ2n) is 8.31. The van der Waals surface area contributed by atoms with Gasteiger partial charge in [-0.25, -0.2) is 14.6 Å². The van der Waals surface area contributed by atoms with Crippen molar-refractivity contribution in [2.75, 3.05) is 63.8 Å². The number of carbonyl (C=O) groups excluding carboxylic acids is 1. The van der Waals surface area contributed by atoms with Crippen LogP contribution >= 0.6 is 0 Å². The lowest BCUT2D eigenvalue weighted by Crippen LogP contribution is -2.37. The molecule has 3 aliphatic heterocycles. The van der Waals surface area contributed by atoms with Crippen molar-refractivity contribution < 1.29 is 4.79 Å². The van der Waals surface area contributed by atoms with Crippen molar-refractivity contribution >= 4 is 11.7 Å². The minimum absolute atomic E-state index is 0.184. The van der Waals surface area contributed by atoms with Crippen LogP contribution in [0, 0.1) is 11.8 Å². The first-order valence-electron chi connectivity index (χ1n) is 10.5. The Morgan fingerprint density at radius 3 is 2.59 bits per heavy atom. The highest BCUT2D eigenvalue weighted by molar-refractivity contribution is 5.76. The van der Waals surface area contributed by atoms with Crippen molar-refractivity contribution in [1.82, 2.24) is 34.9 Å². The number of nitrogens with zero attached hydrogens (tertiary/aromatic N) is 7. The van der Waals surface area contributed by atoms with Crippen LogP contribution in [-0.4, -0.2) is 94.4 Å². The summed E-state index contributed by atoms with van der Waals surface area (Å²) in [5.74, 6) is 3.39. The zero-order valence-corrected chi connectivity index (χ0v) is 16.7. The van der Waals surface area contributed by atoms with Crippen LogP contribution in [0.4, 0.5) is 5.82 Å². The number of rotatable bonds is 5. The van der Waals surface area contributed by atoms with Gasteiger partial charge >= 0.3 is 0 Å². The van der Waals surface area contributed by atoms with Crippen LogP contribution in [0.25, 0.3) is 5.82 Å². The molecule has 9 nitrogen and oxygen atoms in total. The van der Waals surface area contributed by atoms with Gasteiger partial charge in [-0.3, -0.25) is 9.69 Å². The quantitative estimate of drug-likeness (QED) is 0.753. The lowest BCUT2D eigenvalue weighted by atomic mass is 10.0. The highest BCUT2D eigenvalue weighted by Gasteiger charge is 2.40. The predicted octanol–water partition coefficient (Wildman–Crippen LogP) is -0.148. The average Bonchev–Trinajstić information content (AvgIpc) is 3.43. The molecular formula is C20H28N8O. The Hall–Kier alpha value is -2.52. The van der Waals surface area contributed by atoms with E-state index in [4.69, 9.17) is 0 Å². The number of nitrogens with one attached hydrogen (secondary N) is 1. The fourth-order valence-corrected chi connectivity index (χ4v) is 4.82. The van der Waals surface area contributed by atoms with Gasteiger partial charge in [0.2, 0.25) is 5.91 Å². The first-order valence-corrected chi connectivity index (χ1v) is 10.5. The molecule has 5 rings (SSSR count). The molecule has 29 heavy (non-hydrogen) atoms. The maximum atomic E-state index is 11.5. The van der Waals surface area contributed by atoms with E-state index in [-0.39, 0.29) is 5.91 Å². The van der Waals surface area contributed by atoms with Crippen LogP contribution in [0.3, 0.4) is 0 Å². The van der Waals surface area contributed by atoms with Crippen LogP contribution < -0.4 is 10.2 Å². The van der Waals surface area contributed by atoms with Crippen LogP contribution in [0.15, 0.2) is 30.9 Å². The van der Waals surface area contributed by atoms with Gasteiger partial charge < -0.3 is 15.1 Å². The Balaban J connectivity index is 1.14. The number of carbonyl (C=O) groups is 1. The first-order chi connectivity index (χ1) is 14.2. The standard InChI is InChI=1S/C20H28N8O/c29-20-2-6-25(7-4-21-20)8-9-26-11-16-13-27(14-17(16)12-26)18-10-19(23-15-22-18)28-5-1-3-24-28/h1,3,5,10,15-17H,2,4,6-9,11-14H2,(H,21,29). The third kappa shape index (κ3) is 4.11. The van der Waals surface area contributed by atoms with Crippen LogP contribution in [0.1, 0.15) is 6.42 Å². The third-order valence-electron chi connectivity index (χ3n) is 6.40. The number of hydrogen-bond donors (Lipinski definition) is 1. The molecule has 2 aromatic heterocycles. The summed E-state index contributed by atoms with van der Waals surface area (Å²) in [4.78, 5) is 27.8. The largest absolute Gasteiger partial charge is 0.356 e. The molecule has 0 aliphatic carbocycles. The van der Waals surface area contributed by atoms with Crippen molar-refractivity contribution in [3.8, 4) is 5.82 Å². The summed E-state index contributed by atoms with van der Waals surface area (Å²) in [6.45, 7) is 9.19. The van der Waals surface area contributed by atoms with Crippen molar-refractivity contribution in [3.05, 3.63) is 30.9 Å². The van der Waals surface area contributed by atoms with E-state index in [2.05, 4.69) is 35.1 Å². The lowest BCUT2D eigenvalue weighted by molar-refractivity contribution is -0.120. The van der Waals surface area contributed by atoms with Gasteiger partial charge in [0, 0.05) is 83.8 Å². The molecule has 2 aromatic rings. The minimum atomic E-state index is 0.184. The third-order valence-corrected chi connectivity index (χ3v) is 6.40. The molecule has 3 aliphatic rings. The van der Waals surface area contributed by atoms with Gasteiger partial charge in [0.05, 0.1) is 0 Å². The van der Waals surface area contributed by atoms with Gasteiger partial charge in [-0.15, -0.1) is 0 Å². The van der Waals surface area contributed by atoms with Crippen LogP contribution in [0.2, 0.25) is 0 Å². The van der Waals surface area contributed by atoms with E-state index in [9.17, 15) is 4.79 Å². The molecule has 9 heteroatoms. The zero-order valence-electron chi connectivity index (χ0n) is 16.7. The summed E-state index contributed by atoms with van der Waals surface area (Å²) < 4.78 is 1.77. The Morgan fingerprint density at radius 1 is 1.00 bits per heavy atom. The van der Waals surface area contributed by atoms with E-state index < -0.39 is 0 Å². The Labute approximate surface area is 170 Å². The minimum Gasteiger partial charge on any atom is -0.356 e. The molecule has 154 valence electrons. The fourth-order valence-electron chi connectivity index (χ4n) is 4.82. The van der Waals surface area contributed by atoms with E-state index in [0.717, 1.165) is 70.5 Å². The van der Waals surface area contributed by atoms with Crippen LogP contribution in [0.5, 0.6) is 0 Å². The summed E-state index contributed by atoms with van der Waals surface area (Å²) in [6, 6.07) is 3.93. The number of aromatic nitrogens is 4. The highest BCUT2D eigenvalue weighted by atomic mass is 16.1. The van der Waals surface area contributed by atoms with Crippen molar-refractivity contribution in [1.29, 1.82) is 0 Å². The number of anilines is 1. The molecule has 0 spiro atoms. The molecule has 2 unspecified atom stereocenters. The molecule has 1 amide bonds. The smallest absolute Gasteiger partial charge is 0.221 e. The maximum Gasteiger partial charge on any atom is 0.221 e. The van der Waals surface area contributed by atoms with Crippen molar-refractivity contribution in [2.24, 2.45) is 11.8 Å². The van der Waals surface area contributed by atoms with Crippen LogP contribution in [-0.2, 0) is 4.79 Å². The first kappa shape index (κ1) is 18.5. The molecule has 0 bridgehead atoms. The second-order valence-corrected chi connectivity index (χ2v) is 8.31. The van der Waals surface area contributed by atoms with E-state index in [1.807, 2.05) is 18.3 Å². The van der Waals surface area contributed by atoms with E-state index >= 15 is 0 Å². The normalized spacial score (nSPS) is 25.8. The van der Waals surface area contributed by atoms with Gasteiger partial charge in [0.15, 0.2) is 5.82 Å². The summed E-state index contributed by atoms with van der Waals surface area (Å²) >= 11 is 0. The maximum absolute atomic E-state index is 11.5. The predicted molar refractivity (Wildman–Crippen MR) is 109 cm³/mol. The van der Waals surface area contributed by atoms with E-state index in [1.165, 1.54) is 0 Å². The fraction of sp³-hybridized carbons (Fsp3) is 0.600. The second kappa shape index (κ2) is 8.08. The van der Waals surface area contributed by atoms with E-state index in [1.54, 1.807) is 17.2 Å². The Morgan fingerprint density at radius 2 is 1.79 bits per heavy atom.